The van der Waals surface area contributed by atoms with E-state index >= 15 is 0 Å². The van der Waals surface area contributed by atoms with Crippen LogP contribution < -0.4 is 5.32 Å². The van der Waals surface area contributed by atoms with Crippen molar-refractivity contribution in [3.63, 3.8) is 0 Å². The predicted molar refractivity (Wildman–Crippen MR) is 97.3 cm³/mol. The molecule has 1 N–H and O–H groups in total. The number of tetrazole rings is 1. The van der Waals surface area contributed by atoms with E-state index in [9.17, 15) is 4.79 Å². The largest absolute Gasteiger partial charge is 0.326 e. The number of carbonyl (C=O) groups excluding carboxylic acids is 1. The Labute approximate surface area is 150 Å². The number of aromatic nitrogens is 4. The topological polar surface area (TPSA) is 72.7 Å². The van der Waals surface area contributed by atoms with Crippen LogP contribution >= 0.6 is 11.6 Å². The van der Waals surface area contributed by atoms with E-state index in [1.807, 2.05) is 48.5 Å². The molecule has 3 rings (SSSR count). The first kappa shape index (κ1) is 17.1. The summed E-state index contributed by atoms with van der Waals surface area (Å²) in [4.78, 5) is 12.1. The zero-order valence-electron chi connectivity index (χ0n) is 13.8. The van der Waals surface area contributed by atoms with Crippen molar-refractivity contribution < 1.29 is 4.79 Å². The van der Waals surface area contributed by atoms with Crippen molar-refractivity contribution in [2.75, 3.05) is 5.32 Å². The van der Waals surface area contributed by atoms with Gasteiger partial charge in [-0.25, -0.2) is 4.68 Å². The second kappa shape index (κ2) is 7.90. The van der Waals surface area contributed by atoms with E-state index in [0.29, 0.717) is 12.2 Å². The first-order valence-electron chi connectivity index (χ1n) is 7.99. The van der Waals surface area contributed by atoms with Gasteiger partial charge in [0.05, 0.1) is 0 Å². The van der Waals surface area contributed by atoms with Crippen LogP contribution in [-0.4, -0.2) is 26.1 Å². The van der Waals surface area contributed by atoms with Gasteiger partial charge in [0.2, 0.25) is 5.91 Å². The molecule has 0 aliphatic carbocycles. The lowest BCUT2D eigenvalue weighted by atomic mass is 10.1. The minimum absolute atomic E-state index is 0.00189. The molecule has 0 atom stereocenters. The molecule has 3 aromatic rings. The Morgan fingerprint density at radius 2 is 1.84 bits per heavy atom. The Balaban J connectivity index is 1.49. The summed E-state index contributed by atoms with van der Waals surface area (Å²) >= 11 is 5.86. The summed E-state index contributed by atoms with van der Waals surface area (Å²) < 4.78 is 1.60. The third kappa shape index (κ3) is 4.64. The lowest BCUT2D eigenvalue weighted by molar-refractivity contribution is -0.116. The number of benzene rings is 2. The number of nitrogens with zero attached hydrogens (tertiary/aromatic N) is 4. The third-order valence-electron chi connectivity index (χ3n) is 3.83. The van der Waals surface area contributed by atoms with Gasteiger partial charge in [-0.3, -0.25) is 4.79 Å². The Hall–Kier alpha value is -2.73. The Morgan fingerprint density at radius 3 is 2.48 bits per heavy atom. The molecule has 1 aromatic heterocycles. The second-order valence-electron chi connectivity index (χ2n) is 5.73. The molecular weight excluding hydrogens is 338 g/mol. The van der Waals surface area contributed by atoms with Crippen molar-refractivity contribution in [1.82, 2.24) is 20.2 Å². The SMILES string of the molecule is Cn1nnnc1-c1ccc(NC(=O)CCCc2ccc(Cl)cc2)cc1. The normalized spacial score (nSPS) is 10.6. The highest BCUT2D eigenvalue weighted by molar-refractivity contribution is 6.30. The van der Waals surface area contributed by atoms with Gasteiger partial charge in [0.25, 0.3) is 0 Å². The molecule has 128 valence electrons. The van der Waals surface area contributed by atoms with E-state index in [4.69, 9.17) is 11.6 Å². The first-order valence-corrected chi connectivity index (χ1v) is 8.37. The molecule has 2 aromatic carbocycles. The zero-order chi connectivity index (χ0) is 17.6. The Bertz CT molecular complexity index is 843. The van der Waals surface area contributed by atoms with Gasteiger partial charge in [0.1, 0.15) is 0 Å². The van der Waals surface area contributed by atoms with Crippen LogP contribution in [0.5, 0.6) is 0 Å². The number of hydrogen-bond donors (Lipinski definition) is 1. The standard InChI is InChI=1S/C18H18ClN5O/c1-24-18(21-22-23-24)14-7-11-16(12-8-14)20-17(25)4-2-3-13-5-9-15(19)10-6-13/h5-12H,2-4H2,1H3,(H,20,25). The van der Waals surface area contributed by atoms with E-state index in [-0.39, 0.29) is 5.91 Å². The number of halogens is 1. The maximum absolute atomic E-state index is 12.1. The molecule has 0 fully saturated rings. The van der Waals surface area contributed by atoms with Gasteiger partial charge in [-0.15, -0.1) is 5.10 Å². The summed E-state index contributed by atoms with van der Waals surface area (Å²) in [6.45, 7) is 0. The maximum Gasteiger partial charge on any atom is 0.224 e. The fourth-order valence-corrected chi connectivity index (χ4v) is 2.63. The fourth-order valence-electron chi connectivity index (χ4n) is 2.50. The van der Waals surface area contributed by atoms with E-state index < -0.39 is 0 Å². The van der Waals surface area contributed by atoms with Crippen LogP contribution in [0.4, 0.5) is 5.69 Å². The summed E-state index contributed by atoms with van der Waals surface area (Å²) in [5, 5.41) is 15.0. The average Bonchev–Trinajstić information content (AvgIpc) is 3.03. The monoisotopic (exact) mass is 355 g/mol. The van der Waals surface area contributed by atoms with Crippen molar-refractivity contribution in [1.29, 1.82) is 0 Å². The smallest absolute Gasteiger partial charge is 0.224 e. The van der Waals surface area contributed by atoms with Gasteiger partial charge in [-0.2, -0.15) is 0 Å². The number of aryl methyl sites for hydroxylation is 2. The van der Waals surface area contributed by atoms with Crippen LogP contribution in [-0.2, 0) is 18.3 Å². The lowest BCUT2D eigenvalue weighted by Crippen LogP contribution is -2.11. The lowest BCUT2D eigenvalue weighted by Gasteiger charge is -2.06. The van der Waals surface area contributed by atoms with E-state index in [1.165, 1.54) is 5.56 Å². The van der Waals surface area contributed by atoms with Crippen molar-refractivity contribution >= 4 is 23.2 Å². The Kier molecular flexibility index (Phi) is 5.40. The highest BCUT2D eigenvalue weighted by Gasteiger charge is 2.07. The molecule has 1 amide bonds. The summed E-state index contributed by atoms with van der Waals surface area (Å²) in [6, 6.07) is 15.2. The number of nitrogens with one attached hydrogen (secondary N) is 1. The average molecular weight is 356 g/mol. The molecule has 0 unspecified atom stereocenters. The quantitative estimate of drug-likeness (QED) is 0.734. The van der Waals surface area contributed by atoms with Gasteiger partial charge in [0, 0.05) is 29.7 Å². The van der Waals surface area contributed by atoms with Gasteiger partial charge >= 0.3 is 0 Å². The van der Waals surface area contributed by atoms with Gasteiger partial charge < -0.3 is 5.32 Å². The van der Waals surface area contributed by atoms with E-state index in [1.54, 1.807) is 11.7 Å². The van der Waals surface area contributed by atoms with Crippen molar-refractivity contribution in [2.24, 2.45) is 7.05 Å². The summed E-state index contributed by atoms with van der Waals surface area (Å²) in [5.74, 6) is 0.683. The summed E-state index contributed by atoms with van der Waals surface area (Å²) in [7, 11) is 1.78. The number of anilines is 1. The highest BCUT2D eigenvalue weighted by Crippen LogP contribution is 2.18. The molecule has 0 saturated heterocycles. The zero-order valence-corrected chi connectivity index (χ0v) is 14.6. The van der Waals surface area contributed by atoms with Crippen molar-refractivity contribution in [3.05, 3.63) is 59.1 Å². The van der Waals surface area contributed by atoms with Crippen LogP contribution in [0.3, 0.4) is 0 Å². The van der Waals surface area contributed by atoms with Crippen LogP contribution in [0, 0.1) is 0 Å². The van der Waals surface area contributed by atoms with Crippen molar-refractivity contribution in [2.45, 2.75) is 19.3 Å². The number of hydrogen-bond acceptors (Lipinski definition) is 4. The van der Waals surface area contributed by atoms with Crippen LogP contribution in [0.15, 0.2) is 48.5 Å². The molecule has 25 heavy (non-hydrogen) atoms. The third-order valence-corrected chi connectivity index (χ3v) is 4.08. The molecule has 0 bridgehead atoms. The predicted octanol–water partition coefficient (Wildman–Crippen LogP) is 3.49. The van der Waals surface area contributed by atoms with Crippen LogP contribution in [0.25, 0.3) is 11.4 Å². The second-order valence-corrected chi connectivity index (χ2v) is 6.17. The van der Waals surface area contributed by atoms with Crippen molar-refractivity contribution in [3.8, 4) is 11.4 Å². The molecule has 0 radical (unpaired) electrons. The molecule has 7 heteroatoms. The number of carbonyl (C=O) groups is 1. The highest BCUT2D eigenvalue weighted by atomic mass is 35.5. The first-order chi connectivity index (χ1) is 12.1. The fraction of sp³-hybridized carbons (Fsp3) is 0.222. The van der Waals surface area contributed by atoms with Crippen LogP contribution in [0.2, 0.25) is 5.02 Å². The van der Waals surface area contributed by atoms with Gasteiger partial charge in [0.15, 0.2) is 5.82 Å². The van der Waals surface area contributed by atoms with Gasteiger partial charge in [-0.1, -0.05) is 23.7 Å². The minimum Gasteiger partial charge on any atom is -0.326 e. The molecule has 6 nitrogen and oxygen atoms in total. The summed E-state index contributed by atoms with van der Waals surface area (Å²) in [6.07, 6.45) is 2.11. The molecule has 1 heterocycles. The molecule has 0 saturated carbocycles. The summed E-state index contributed by atoms with van der Waals surface area (Å²) in [5.41, 5.74) is 2.84. The maximum atomic E-state index is 12.1. The number of rotatable bonds is 6. The molecule has 0 spiro atoms. The molecule has 0 aliphatic heterocycles. The van der Waals surface area contributed by atoms with E-state index in [2.05, 4.69) is 20.8 Å². The van der Waals surface area contributed by atoms with Gasteiger partial charge in [-0.05, 0) is 65.2 Å². The molecular formula is C18H18ClN5O. The van der Waals surface area contributed by atoms with E-state index in [0.717, 1.165) is 29.1 Å². The number of amides is 1. The minimum atomic E-state index is 0.00189. The van der Waals surface area contributed by atoms with Crippen LogP contribution in [0.1, 0.15) is 18.4 Å². The Morgan fingerprint density at radius 1 is 1.12 bits per heavy atom. The molecule has 0 aliphatic rings.